The fraction of sp³-hybridized carbons (Fsp3) is 0.625. The Morgan fingerprint density at radius 3 is 2.62 bits per heavy atom. The molecule has 26 heavy (non-hydrogen) atoms. The Hall–Kier alpha value is -2.07. The number of piperidine rings is 1. The second-order valence-corrected chi connectivity index (χ2v) is 7.96. The van der Waals surface area contributed by atoms with E-state index in [0.29, 0.717) is 32.5 Å². The number of ether oxygens (including phenoxy) is 1. The fourth-order valence-corrected chi connectivity index (χ4v) is 4.12. The first-order chi connectivity index (χ1) is 12.3. The highest BCUT2D eigenvalue weighted by molar-refractivity contribution is 7.88. The number of sulfonamides is 1. The van der Waals surface area contributed by atoms with Crippen LogP contribution in [0.4, 0.5) is 4.79 Å². The van der Waals surface area contributed by atoms with Crippen LogP contribution in [-0.2, 0) is 14.8 Å². The SMILES string of the molecule is CCOC(=O)N1CCC(N(CCNC(=O)c2ccco2)S(C)(=O)=O)CC1. The summed E-state index contributed by atoms with van der Waals surface area (Å²) in [6.45, 7) is 3.26. The molecule has 0 saturated carbocycles. The van der Waals surface area contributed by atoms with E-state index in [9.17, 15) is 18.0 Å². The lowest BCUT2D eigenvalue weighted by molar-refractivity contribution is 0.0865. The molecule has 0 bridgehead atoms. The van der Waals surface area contributed by atoms with Gasteiger partial charge in [-0.3, -0.25) is 4.79 Å². The third kappa shape index (κ3) is 5.46. The summed E-state index contributed by atoms with van der Waals surface area (Å²) in [7, 11) is -3.44. The standard InChI is InChI=1S/C16H25N3O6S/c1-3-24-16(21)18-9-6-13(7-10-18)19(26(2,22)23)11-8-17-15(20)14-5-4-12-25-14/h4-5,12-13H,3,6-11H2,1-2H3,(H,17,20). The molecular weight excluding hydrogens is 362 g/mol. The van der Waals surface area contributed by atoms with E-state index in [1.54, 1.807) is 17.9 Å². The Labute approximate surface area is 153 Å². The van der Waals surface area contributed by atoms with E-state index in [-0.39, 0.29) is 36.9 Å². The zero-order valence-corrected chi connectivity index (χ0v) is 15.8. The predicted molar refractivity (Wildman–Crippen MR) is 94.2 cm³/mol. The first kappa shape index (κ1) is 20.2. The fourth-order valence-electron chi connectivity index (χ4n) is 2.94. The first-order valence-corrected chi connectivity index (χ1v) is 10.4. The lowest BCUT2D eigenvalue weighted by Gasteiger charge is -2.36. The Balaban J connectivity index is 1.88. The number of nitrogens with zero attached hydrogens (tertiary/aromatic N) is 2. The monoisotopic (exact) mass is 387 g/mol. The van der Waals surface area contributed by atoms with E-state index in [0.717, 1.165) is 6.26 Å². The van der Waals surface area contributed by atoms with Crippen LogP contribution >= 0.6 is 0 Å². The van der Waals surface area contributed by atoms with Gasteiger partial charge in [-0.1, -0.05) is 0 Å². The van der Waals surface area contributed by atoms with Crippen LogP contribution < -0.4 is 5.32 Å². The highest BCUT2D eigenvalue weighted by atomic mass is 32.2. The largest absolute Gasteiger partial charge is 0.459 e. The Kier molecular flexibility index (Phi) is 7.04. The number of carbonyl (C=O) groups is 2. The molecule has 9 nitrogen and oxygen atoms in total. The molecule has 1 N–H and O–H groups in total. The molecule has 0 aliphatic carbocycles. The summed E-state index contributed by atoms with van der Waals surface area (Å²) in [5.74, 6) is -0.209. The molecular formula is C16H25N3O6S. The van der Waals surface area contributed by atoms with Gasteiger partial charge in [0.25, 0.3) is 5.91 Å². The quantitative estimate of drug-likeness (QED) is 0.744. The maximum atomic E-state index is 12.1. The average molecular weight is 387 g/mol. The Morgan fingerprint density at radius 1 is 1.38 bits per heavy atom. The van der Waals surface area contributed by atoms with Gasteiger partial charge in [-0.2, -0.15) is 4.31 Å². The van der Waals surface area contributed by atoms with E-state index >= 15 is 0 Å². The molecule has 1 aliphatic rings. The molecule has 0 atom stereocenters. The molecule has 1 aromatic rings. The summed E-state index contributed by atoms with van der Waals surface area (Å²) in [5, 5.41) is 2.65. The highest BCUT2D eigenvalue weighted by Gasteiger charge is 2.31. The van der Waals surface area contributed by atoms with Crippen LogP contribution in [0.2, 0.25) is 0 Å². The topological polar surface area (TPSA) is 109 Å². The number of hydrogen-bond donors (Lipinski definition) is 1. The Bertz CT molecular complexity index is 696. The van der Waals surface area contributed by atoms with Gasteiger partial charge in [-0.15, -0.1) is 0 Å². The molecule has 0 unspecified atom stereocenters. The molecule has 1 fully saturated rings. The van der Waals surface area contributed by atoms with Gasteiger partial charge >= 0.3 is 6.09 Å². The minimum atomic E-state index is -3.44. The summed E-state index contributed by atoms with van der Waals surface area (Å²) < 4.78 is 35.6. The molecule has 0 aromatic carbocycles. The maximum absolute atomic E-state index is 12.1. The highest BCUT2D eigenvalue weighted by Crippen LogP contribution is 2.19. The van der Waals surface area contributed by atoms with E-state index < -0.39 is 10.0 Å². The molecule has 10 heteroatoms. The summed E-state index contributed by atoms with van der Waals surface area (Å²) >= 11 is 0. The van der Waals surface area contributed by atoms with Gasteiger partial charge in [-0.25, -0.2) is 13.2 Å². The van der Waals surface area contributed by atoms with Gasteiger partial charge in [0.1, 0.15) is 0 Å². The smallest absolute Gasteiger partial charge is 0.409 e. The number of rotatable bonds is 7. The van der Waals surface area contributed by atoms with Crippen LogP contribution in [0.25, 0.3) is 0 Å². The van der Waals surface area contributed by atoms with Crippen molar-refractivity contribution < 1.29 is 27.2 Å². The molecule has 2 rings (SSSR count). The van der Waals surface area contributed by atoms with Crippen molar-refractivity contribution in [2.45, 2.75) is 25.8 Å². The number of hydrogen-bond acceptors (Lipinski definition) is 6. The second-order valence-electron chi connectivity index (χ2n) is 6.02. The van der Waals surface area contributed by atoms with Gasteiger partial charge in [0.15, 0.2) is 5.76 Å². The molecule has 1 saturated heterocycles. The van der Waals surface area contributed by atoms with Crippen molar-refractivity contribution in [3.63, 3.8) is 0 Å². The van der Waals surface area contributed by atoms with Crippen molar-refractivity contribution in [3.8, 4) is 0 Å². The number of nitrogens with one attached hydrogen (secondary N) is 1. The third-order valence-electron chi connectivity index (χ3n) is 4.19. The van der Waals surface area contributed by atoms with Crippen LogP contribution in [0.15, 0.2) is 22.8 Å². The van der Waals surface area contributed by atoms with Crippen LogP contribution in [0, 0.1) is 0 Å². The van der Waals surface area contributed by atoms with E-state index in [1.807, 2.05) is 0 Å². The molecule has 0 radical (unpaired) electrons. The van der Waals surface area contributed by atoms with Crippen molar-refractivity contribution in [2.24, 2.45) is 0 Å². The predicted octanol–water partition coefficient (Wildman–Crippen LogP) is 0.892. The molecule has 0 spiro atoms. The van der Waals surface area contributed by atoms with Gasteiger partial charge in [0.2, 0.25) is 10.0 Å². The van der Waals surface area contributed by atoms with Crippen LogP contribution in [0.5, 0.6) is 0 Å². The Morgan fingerprint density at radius 2 is 2.08 bits per heavy atom. The number of amides is 2. The van der Waals surface area contributed by atoms with Crippen molar-refractivity contribution in [2.75, 3.05) is 39.0 Å². The molecule has 1 aromatic heterocycles. The van der Waals surface area contributed by atoms with Crippen LogP contribution in [-0.4, -0.2) is 74.7 Å². The van der Waals surface area contributed by atoms with Gasteiger partial charge in [-0.05, 0) is 31.9 Å². The van der Waals surface area contributed by atoms with Gasteiger partial charge in [0.05, 0.1) is 19.1 Å². The second kappa shape index (κ2) is 9.04. The van der Waals surface area contributed by atoms with Crippen molar-refractivity contribution in [3.05, 3.63) is 24.2 Å². The van der Waals surface area contributed by atoms with Crippen molar-refractivity contribution in [1.82, 2.24) is 14.5 Å². The lowest BCUT2D eigenvalue weighted by atomic mass is 10.1. The van der Waals surface area contributed by atoms with E-state index in [1.165, 1.54) is 16.6 Å². The zero-order valence-electron chi connectivity index (χ0n) is 15.0. The minimum Gasteiger partial charge on any atom is -0.459 e. The van der Waals surface area contributed by atoms with Crippen molar-refractivity contribution >= 4 is 22.0 Å². The van der Waals surface area contributed by atoms with Crippen molar-refractivity contribution in [1.29, 1.82) is 0 Å². The van der Waals surface area contributed by atoms with Gasteiger partial charge in [0, 0.05) is 32.2 Å². The van der Waals surface area contributed by atoms with Gasteiger partial charge < -0.3 is 19.4 Å². The minimum absolute atomic E-state index is 0.162. The molecule has 146 valence electrons. The lowest BCUT2D eigenvalue weighted by Crippen LogP contribution is -2.50. The number of carbonyl (C=O) groups excluding carboxylic acids is 2. The maximum Gasteiger partial charge on any atom is 0.409 e. The summed E-state index contributed by atoms with van der Waals surface area (Å²) in [6, 6.07) is 2.93. The third-order valence-corrected chi connectivity index (χ3v) is 5.52. The molecule has 2 heterocycles. The number of furan rings is 1. The van der Waals surface area contributed by atoms with E-state index in [2.05, 4.69) is 5.32 Å². The molecule has 2 amide bonds. The average Bonchev–Trinajstić information content (AvgIpc) is 3.12. The normalized spacial score (nSPS) is 15.9. The zero-order chi connectivity index (χ0) is 19.2. The molecule has 1 aliphatic heterocycles. The summed E-state index contributed by atoms with van der Waals surface area (Å²) in [6.07, 6.45) is 3.23. The van der Waals surface area contributed by atoms with Crippen LogP contribution in [0.1, 0.15) is 30.3 Å². The summed E-state index contributed by atoms with van der Waals surface area (Å²) in [5.41, 5.74) is 0. The first-order valence-electron chi connectivity index (χ1n) is 8.53. The van der Waals surface area contributed by atoms with E-state index in [4.69, 9.17) is 9.15 Å². The number of likely N-dealkylation sites (tertiary alicyclic amines) is 1. The van der Waals surface area contributed by atoms with Crippen LogP contribution in [0.3, 0.4) is 0 Å². The summed E-state index contributed by atoms with van der Waals surface area (Å²) in [4.78, 5) is 25.2.